The van der Waals surface area contributed by atoms with Crippen molar-refractivity contribution in [1.82, 2.24) is 14.8 Å². The van der Waals surface area contributed by atoms with Crippen LogP contribution in [0.25, 0.3) is 0 Å². The lowest BCUT2D eigenvalue weighted by Gasteiger charge is -2.27. The van der Waals surface area contributed by atoms with Gasteiger partial charge >= 0.3 is 0 Å². The third kappa shape index (κ3) is 1.82. The summed E-state index contributed by atoms with van der Waals surface area (Å²) < 4.78 is 16.1. The summed E-state index contributed by atoms with van der Waals surface area (Å²) >= 11 is 3.25. The predicted molar refractivity (Wildman–Crippen MR) is 65.7 cm³/mol. The number of fused-ring (bicyclic) bond motifs is 1. The van der Waals surface area contributed by atoms with Gasteiger partial charge < -0.3 is 4.90 Å². The van der Waals surface area contributed by atoms with Gasteiger partial charge in [0.05, 0.1) is 5.69 Å². The standard InChI is InChI=1S/C11H10BrFN4/c12-10-14-11-16(6-3-7-17(11)15-10)9-5-2-1-4-8(9)13/h1-2,4-5H,3,6-7H2. The van der Waals surface area contributed by atoms with Crippen molar-refractivity contribution in [3.8, 4) is 0 Å². The van der Waals surface area contributed by atoms with Crippen LogP contribution in [0.4, 0.5) is 16.0 Å². The predicted octanol–water partition coefficient (Wildman–Crippen LogP) is 2.72. The van der Waals surface area contributed by atoms with Crippen LogP contribution in [0.1, 0.15) is 6.42 Å². The zero-order valence-corrected chi connectivity index (χ0v) is 10.6. The number of hydrogen-bond acceptors (Lipinski definition) is 3. The number of nitrogens with zero attached hydrogens (tertiary/aromatic N) is 4. The molecular weight excluding hydrogens is 287 g/mol. The molecule has 2 aromatic rings. The van der Waals surface area contributed by atoms with Gasteiger partial charge in [0.15, 0.2) is 0 Å². The smallest absolute Gasteiger partial charge is 0.229 e. The molecule has 0 fully saturated rings. The molecule has 0 saturated heterocycles. The first-order valence-corrected chi connectivity index (χ1v) is 6.17. The molecule has 0 N–H and O–H groups in total. The minimum absolute atomic E-state index is 0.236. The summed E-state index contributed by atoms with van der Waals surface area (Å²) in [5.74, 6) is 0.452. The molecule has 1 aromatic heterocycles. The first kappa shape index (κ1) is 10.7. The summed E-state index contributed by atoms with van der Waals surface area (Å²) in [6, 6.07) is 6.72. The van der Waals surface area contributed by atoms with Crippen LogP contribution in [0, 0.1) is 5.82 Å². The lowest BCUT2D eigenvalue weighted by atomic mass is 10.2. The van der Waals surface area contributed by atoms with Crippen LogP contribution in [0.2, 0.25) is 0 Å². The van der Waals surface area contributed by atoms with E-state index in [1.54, 1.807) is 16.8 Å². The molecule has 1 aromatic carbocycles. The SMILES string of the molecule is Fc1ccccc1N1CCCn2nc(Br)nc21. The lowest BCUT2D eigenvalue weighted by molar-refractivity contribution is 0.530. The van der Waals surface area contributed by atoms with Crippen LogP contribution >= 0.6 is 15.9 Å². The first-order valence-electron chi connectivity index (χ1n) is 5.38. The number of para-hydroxylation sites is 1. The van der Waals surface area contributed by atoms with Gasteiger partial charge in [-0.3, -0.25) is 0 Å². The normalized spacial score (nSPS) is 14.8. The van der Waals surface area contributed by atoms with E-state index in [0.717, 1.165) is 19.5 Å². The summed E-state index contributed by atoms with van der Waals surface area (Å²) in [4.78, 5) is 6.14. The number of anilines is 2. The topological polar surface area (TPSA) is 34.0 Å². The molecule has 0 aliphatic carbocycles. The van der Waals surface area contributed by atoms with E-state index >= 15 is 0 Å². The van der Waals surface area contributed by atoms with Crippen LogP contribution in [-0.4, -0.2) is 21.3 Å². The second kappa shape index (κ2) is 4.10. The van der Waals surface area contributed by atoms with Gasteiger partial charge in [0.1, 0.15) is 5.82 Å². The van der Waals surface area contributed by atoms with Crippen LogP contribution in [0.15, 0.2) is 29.0 Å². The van der Waals surface area contributed by atoms with Crippen molar-refractivity contribution in [3.05, 3.63) is 34.8 Å². The maximum atomic E-state index is 13.8. The highest BCUT2D eigenvalue weighted by Crippen LogP contribution is 2.30. The van der Waals surface area contributed by atoms with E-state index in [-0.39, 0.29) is 5.82 Å². The monoisotopic (exact) mass is 296 g/mol. The number of aryl methyl sites for hydroxylation is 1. The quantitative estimate of drug-likeness (QED) is 0.811. The molecule has 0 unspecified atom stereocenters. The molecule has 0 spiro atoms. The number of hydrogen-bond donors (Lipinski definition) is 0. The fraction of sp³-hybridized carbons (Fsp3) is 0.273. The Bertz CT molecular complexity index is 554. The van der Waals surface area contributed by atoms with Gasteiger partial charge in [-0.05, 0) is 34.5 Å². The first-order chi connectivity index (χ1) is 8.25. The largest absolute Gasteiger partial charge is 0.308 e. The molecule has 17 heavy (non-hydrogen) atoms. The molecular formula is C11H10BrFN4. The summed E-state index contributed by atoms with van der Waals surface area (Å²) in [7, 11) is 0. The molecule has 88 valence electrons. The van der Waals surface area contributed by atoms with Gasteiger partial charge in [-0.1, -0.05) is 12.1 Å². The molecule has 4 nitrogen and oxygen atoms in total. The van der Waals surface area contributed by atoms with Crippen LogP contribution in [0.5, 0.6) is 0 Å². The average Bonchev–Trinajstić information content (AvgIpc) is 2.70. The van der Waals surface area contributed by atoms with Gasteiger partial charge in [-0.15, -0.1) is 5.10 Å². The van der Waals surface area contributed by atoms with Crippen LogP contribution < -0.4 is 4.90 Å². The molecule has 3 rings (SSSR count). The summed E-state index contributed by atoms with van der Waals surface area (Å²) in [5.41, 5.74) is 0.549. The molecule has 2 heterocycles. The highest BCUT2D eigenvalue weighted by molar-refractivity contribution is 9.10. The minimum atomic E-state index is -0.236. The van der Waals surface area contributed by atoms with Gasteiger partial charge in [-0.2, -0.15) is 4.98 Å². The molecule has 1 aliphatic rings. The third-order valence-corrected chi connectivity index (χ3v) is 3.10. The van der Waals surface area contributed by atoms with E-state index in [1.807, 2.05) is 11.0 Å². The van der Waals surface area contributed by atoms with Crippen molar-refractivity contribution >= 4 is 27.6 Å². The Labute approximate surface area is 106 Å². The number of rotatable bonds is 1. The summed E-state index contributed by atoms with van der Waals surface area (Å²) in [5, 5.41) is 4.21. The van der Waals surface area contributed by atoms with E-state index in [0.29, 0.717) is 16.4 Å². The molecule has 0 radical (unpaired) electrons. The maximum Gasteiger partial charge on any atom is 0.229 e. The third-order valence-electron chi connectivity index (χ3n) is 2.76. The summed E-state index contributed by atoms with van der Waals surface area (Å²) in [6.07, 6.45) is 0.928. The molecule has 6 heteroatoms. The van der Waals surface area contributed by atoms with E-state index in [9.17, 15) is 4.39 Å². The Morgan fingerprint density at radius 2 is 2.06 bits per heavy atom. The Morgan fingerprint density at radius 3 is 2.88 bits per heavy atom. The van der Waals surface area contributed by atoms with Crippen molar-refractivity contribution in [3.63, 3.8) is 0 Å². The van der Waals surface area contributed by atoms with E-state index in [4.69, 9.17) is 0 Å². The van der Waals surface area contributed by atoms with Crippen molar-refractivity contribution in [2.45, 2.75) is 13.0 Å². The number of benzene rings is 1. The second-order valence-corrected chi connectivity index (χ2v) is 4.57. The fourth-order valence-corrected chi connectivity index (χ4v) is 2.38. The molecule has 0 bridgehead atoms. The van der Waals surface area contributed by atoms with Gasteiger partial charge in [0, 0.05) is 13.1 Å². The zero-order chi connectivity index (χ0) is 11.8. The second-order valence-electron chi connectivity index (χ2n) is 3.86. The number of aromatic nitrogens is 3. The van der Waals surface area contributed by atoms with Crippen LogP contribution in [-0.2, 0) is 6.54 Å². The average molecular weight is 297 g/mol. The molecule has 0 atom stereocenters. The van der Waals surface area contributed by atoms with Gasteiger partial charge in [-0.25, -0.2) is 9.07 Å². The highest BCUT2D eigenvalue weighted by Gasteiger charge is 2.23. The van der Waals surface area contributed by atoms with Crippen molar-refractivity contribution < 1.29 is 4.39 Å². The Morgan fingerprint density at radius 1 is 1.24 bits per heavy atom. The van der Waals surface area contributed by atoms with Crippen molar-refractivity contribution in [2.24, 2.45) is 0 Å². The molecule has 1 aliphatic heterocycles. The summed E-state index contributed by atoms with van der Waals surface area (Å²) in [6.45, 7) is 1.57. The maximum absolute atomic E-state index is 13.8. The Hall–Kier alpha value is -1.43. The van der Waals surface area contributed by atoms with Gasteiger partial charge in [0.2, 0.25) is 10.7 Å². The van der Waals surface area contributed by atoms with Crippen molar-refractivity contribution in [2.75, 3.05) is 11.4 Å². The Kier molecular flexibility index (Phi) is 2.58. The molecule has 0 amide bonds. The molecule has 0 saturated carbocycles. The lowest BCUT2D eigenvalue weighted by Crippen LogP contribution is -2.29. The van der Waals surface area contributed by atoms with Crippen molar-refractivity contribution in [1.29, 1.82) is 0 Å². The zero-order valence-electron chi connectivity index (χ0n) is 8.98. The van der Waals surface area contributed by atoms with E-state index in [2.05, 4.69) is 26.0 Å². The van der Waals surface area contributed by atoms with Gasteiger partial charge in [0.25, 0.3) is 0 Å². The van der Waals surface area contributed by atoms with E-state index in [1.165, 1.54) is 6.07 Å². The Balaban J connectivity index is 2.09. The number of halogens is 2. The highest BCUT2D eigenvalue weighted by atomic mass is 79.9. The van der Waals surface area contributed by atoms with Crippen LogP contribution in [0.3, 0.4) is 0 Å². The van der Waals surface area contributed by atoms with E-state index < -0.39 is 0 Å². The minimum Gasteiger partial charge on any atom is -0.308 e. The fourth-order valence-electron chi connectivity index (χ4n) is 2.03.